The molecule has 0 aromatic carbocycles. The first kappa shape index (κ1) is 13.1. The molecule has 100 valence electrons. The van der Waals surface area contributed by atoms with E-state index in [1.165, 1.54) is 6.07 Å². The summed E-state index contributed by atoms with van der Waals surface area (Å²) in [5.41, 5.74) is 4.76. The van der Waals surface area contributed by atoms with Crippen molar-refractivity contribution < 1.29 is 17.9 Å². The number of nitrogens with zero attached hydrogens (tertiary/aromatic N) is 2. The van der Waals surface area contributed by atoms with E-state index >= 15 is 0 Å². The molecule has 0 saturated carbocycles. The molecule has 1 fully saturated rings. The minimum atomic E-state index is -4.35. The zero-order chi connectivity index (χ0) is 13.2. The second-order valence-corrected chi connectivity index (χ2v) is 4.08. The number of aromatic nitrogens is 1. The molecule has 1 aromatic rings. The summed E-state index contributed by atoms with van der Waals surface area (Å²) < 4.78 is 42.5. The fourth-order valence-corrected chi connectivity index (χ4v) is 1.81. The van der Waals surface area contributed by atoms with Crippen LogP contribution in [0.2, 0.25) is 0 Å². The lowest BCUT2D eigenvalue weighted by atomic mass is 10.2. The number of nitrogens with two attached hydrogens (primary N) is 1. The monoisotopic (exact) mass is 261 g/mol. The van der Waals surface area contributed by atoms with Gasteiger partial charge in [0.25, 0.3) is 0 Å². The van der Waals surface area contributed by atoms with Gasteiger partial charge in [0, 0.05) is 25.8 Å². The Labute approximate surface area is 103 Å². The molecule has 2 heterocycles. The van der Waals surface area contributed by atoms with Gasteiger partial charge in [0.1, 0.15) is 5.82 Å². The molecule has 0 radical (unpaired) electrons. The average molecular weight is 261 g/mol. The zero-order valence-corrected chi connectivity index (χ0v) is 9.65. The molecule has 1 saturated heterocycles. The van der Waals surface area contributed by atoms with Crippen molar-refractivity contribution >= 4 is 5.82 Å². The van der Waals surface area contributed by atoms with Crippen LogP contribution in [0.5, 0.6) is 0 Å². The molecule has 0 spiro atoms. The second kappa shape index (κ2) is 5.11. The zero-order valence-electron chi connectivity index (χ0n) is 9.65. The number of hydrogen-bond donors (Lipinski definition) is 1. The maximum atomic E-state index is 12.4. The first-order valence-electron chi connectivity index (χ1n) is 5.60. The summed E-state index contributed by atoms with van der Waals surface area (Å²) in [7, 11) is 0. The van der Waals surface area contributed by atoms with Crippen LogP contribution in [0.4, 0.5) is 19.0 Å². The third-order valence-corrected chi connectivity index (χ3v) is 2.80. The van der Waals surface area contributed by atoms with Gasteiger partial charge in [-0.25, -0.2) is 4.98 Å². The third-order valence-electron chi connectivity index (χ3n) is 2.80. The number of pyridine rings is 1. The van der Waals surface area contributed by atoms with Crippen LogP contribution in [0.15, 0.2) is 18.3 Å². The number of alkyl halides is 3. The van der Waals surface area contributed by atoms with Gasteiger partial charge in [-0.05, 0) is 12.1 Å². The van der Waals surface area contributed by atoms with Crippen LogP contribution in [0.3, 0.4) is 0 Å². The Morgan fingerprint density at radius 2 is 2.22 bits per heavy atom. The van der Waals surface area contributed by atoms with Crippen LogP contribution in [-0.2, 0) is 10.9 Å². The fraction of sp³-hybridized carbons (Fsp3) is 0.545. The molecule has 0 unspecified atom stereocenters. The largest absolute Gasteiger partial charge is 0.417 e. The predicted octanol–water partition coefficient (Wildman–Crippen LogP) is 1.26. The van der Waals surface area contributed by atoms with E-state index in [1.54, 1.807) is 0 Å². The van der Waals surface area contributed by atoms with E-state index < -0.39 is 11.7 Å². The molecular formula is C11H14F3N3O. The molecule has 2 N–H and O–H groups in total. The Hall–Kier alpha value is -1.34. The van der Waals surface area contributed by atoms with Crippen LogP contribution in [0, 0.1) is 0 Å². The van der Waals surface area contributed by atoms with Crippen molar-refractivity contribution in [2.75, 3.05) is 31.1 Å². The molecule has 2 rings (SSSR count). The lowest BCUT2D eigenvalue weighted by Crippen LogP contribution is -2.46. The summed E-state index contributed by atoms with van der Waals surface area (Å²) in [6.45, 7) is 2.05. The normalized spacial score (nSPS) is 21.1. The molecule has 1 aliphatic heterocycles. The van der Waals surface area contributed by atoms with Crippen molar-refractivity contribution in [2.24, 2.45) is 5.73 Å². The molecular weight excluding hydrogens is 247 g/mol. The standard InChI is InChI=1S/C11H14F3N3O/c12-11(13,14)8-1-2-10(16-6-8)17-3-4-18-9(5-15)7-17/h1-2,6,9H,3-5,7,15H2/t9-/m0/s1. The number of hydrogen-bond acceptors (Lipinski definition) is 4. The summed E-state index contributed by atoms with van der Waals surface area (Å²) in [5.74, 6) is 0.518. The first-order chi connectivity index (χ1) is 8.50. The smallest absolute Gasteiger partial charge is 0.373 e. The van der Waals surface area contributed by atoms with Gasteiger partial charge in [0.15, 0.2) is 0 Å². The summed E-state index contributed by atoms with van der Waals surface area (Å²) in [5, 5.41) is 0. The number of anilines is 1. The SMILES string of the molecule is NC[C@H]1CN(c2ccc(C(F)(F)F)cn2)CCO1. The van der Waals surface area contributed by atoms with Gasteiger partial charge in [-0.1, -0.05) is 0 Å². The number of rotatable bonds is 2. The molecule has 0 aliphatic carbocycles. The average Bonchev–Trinajstić information content (AvgIpc) is 2.38. The van der Waals surface area contributed by atoms with E-state index in [1.807, 2.05) is 4.90 Å². The Balaban J connectivity index is 2.09. The minimum absolute atomic E-state index is 0.0946. The number of morpholine rings is 1. The Bertz CT molecular complexity index is 394. The Kier molecular flexibility index (Phi) is 3.72. The van der Waals surface area contributed by atoms with Gasteiger partial charge < -0.3 is 15.4 Å². The van der Waals surface area contributed by atoms with Crippen molar-refractivity contribution in [3.8, 4) is 0 Å². The van der Waals surface area contributed by atoms with Crippen molar-refractivity contribution in [1.82, 2.24) is 4.98 Å². The number of ether oxygens (including phenoxy) is 1. The van der Waals surface area contributed by atoms with E-state index in [0.29, 0.717) is 32.1 Å². The van der Waals surface area contributed by atoms with Crippen molar-refractivity contribution in [2.45, 2.75) is 12.3 Å². The van der Waals surface area contributed by atoms with E-state index in [-0.39, 0.29) is 6.10 Å². The topological polar surface area (TPSA) is 51.4 Å². The fourth-order valence-electron chi connectivity index (χ4n) is 1.81. The van der Waals surface area contributed by atoms with Crippen molar-refractivity contribution in [3.05, 3.63) is 23.9 Å². The minimum Gasteiger partial charge on any atom is -0.373 e. The second-order valence-electron chi connectivity index (χ2n) is 4.08. The molecule has 7 heteroatoms. The highest BCUT2D eigenvalue weighted by Gasteiger charge is 2.31. The van der Waals surface area contributed by atoms with Gasteiger partial charge in [0.05, 0.1) is 18.3 Å². The molecule has 0 bridgehead atoms. The molecule has 0 amide bonds. The van der Waals surface area contributed by atoms with Crippen LogP contribution in [0.1, 0.15) is 5.56 Å². The molecule has 1 aromatic heterocycles. The Morgan fingerprint density at radius 1 is 1.44 bits per heavy atom. The Morgan fingerprint density at radius 3 is 2.78 bits per heavy atom. The summed E-state index contributed by atoms with van der Waals surface area (Å²) in [4.78, 5) is 5.72. The lowest BCUT2D eigenvalue weighted by molar-refractivity contribution is -0.137. The lowest BCUT2D eigenvalue weighted by Gasteiger charge is -2.33. The molecule has 4 nitrogen and oxygen atoms in total. The maximum absolute atomic E-state index is 12.4. The highest BCUT2D eigenvalue weighted by molar-refractivity contribution is 5.40. The summed E-state index contributed by atoms with van der Waals surface area (Å²) in [6, 6.07) is 2.41. The van der Waals surface area contributed by atoms with Crippen LogP contribution in [-0.4, -0.2) is 37.3 Å². The van der Waals surface area contributed by atoms with Crippen molar-refractivity contribution in [1.29, 1.82) is 0 Å². The highest BCUT2D eigenvalue weighted by Crippen LogP contribution is 2.29. The number of halogens is 3. The predicted molar refractivity (Wildman–Crippen MR) is 60.2 cm³/mol. The van der Waals surface area contributed by atoms with E-state index in [4.69, 9.17) is 10.5 Å². The van der Waals surface area contributed by atoms with Gasteiger partial charge in [-0.3, -0.25) is 0 Å². The maximum Gasteiger partial charge on any atom is 0.417 e. The van der Waals surface area contributed by atoms with Crippen LogP contribution in [0.25, 0.3) is 0 Å². The van der Waals surface area contributed by atoms with Gasteiger partial charge in [-0.2, -0.15) is 13.2 Å². The van der Waals surface area contributed by atoms with Gasteiger partial charge in [0.2, 0.25) is 0 Å². The van der Waals surface area contributed by atoms with E-state index in [9.17, 15) is 13.2 Å². The van der Waals surface area contributed by atoms with E-state index in [0.717, 1.165) is 12.3 Å². The first-order valence-corrected chi connectivity index (χ1v) is 5.60. The molecule has 18 heavy (non-hydrogen) atoms. The highest BCUT2D eigenvalue weighted by atomic mass is 19.4. The van der Waals surface area contributed by atoms with Crippen LogP contribution >= 0.6 is 0 Å². The third kappa shape index (κ3) is 2.91. The van der Waals surface area contributed by atoms with Crippen LogP contribution < -0.4 is 10.6 Å². The van der Waals surface area contributed by atoms with Crippen molar-refractivity contribution in [3.63, 3.8) is 0 Å². The van der Waals surface area contributed by atoms with Gasteiger partial charge in [-0.15, -0.1) is 0 Å². The van der Waals surface area contributed by atoms with Gasteiger partial charge >= 0.3 is 6.18 Å². The summed E-state index contributed by atoms with van der Waals surface area (Å²) in [6.07, 6.45) is -3.60. The quantitative estimate of drug-likeness (QED) is 0.871. The summed E-state index contributed by atoms with van der Waals surface area (Å²) >= 11 is 0. The molecule has 1 aliphatic rings. The molecule has 1 atom stereocenters. The van der Waals surface area contributed by atoms with E-state index in [2.05, 4.69) is 4.98 Å².